The predicted octanol–water partition coefficient (Wildman–Crippen LogP) is 3.12. The molecule has 0 fully saturated rings. The van der Waals surface area contributed by atoms with Crippen LogP contribution in [-0.4, -0.2) is 38.1 Å². The van der Waals surface area contributed by atoms with Crippen molar-refractivity contribution in [1.29, 1.82) is 0 Å². The van der Waals surface area contributed by atoms with E-state index in [2.05, 4.69) is 20.7 Å². The topological polar surface area (TPSA) is 88.9 Å². The van der Waals surface area contributed by atoms with E-state index in [0.29, 0.717) is 0 Å². The van der Waals surface area contributed by atoms with Gasteiger partial charge in [0.2, 0.25) is 11.8 Å². The minimum atomic E-state index is -0.131. The summed E-state index contributed by atoms with van der Waals surface area (Å²) >= 11 is 1.29. The van der Waals surface area contributed by atoms with E-state index in [-0.39, 0.29) is 29.4 Å². The summed E-state index contributed by atoms with van der Waals surface area (Å²) in [6.07, 6.45) is 3.11. The Balaban J connectivity index is 1.41. The molecule has 29 heavy (non-hydrogen) atoms. The molecule has 7 nitrogen and oxygen atoms in total. The number of anilines is 1. The first-order valence-corrected chi connectivity index (χ1v) is 10.4. The molecule has 8 heteroatoms. The lowest BCUT2D eigenvalue weighted by atomic mass is 10.1. The molecule has 1 heterocycles. The summed E-state index contributed by atoms with van der Waals surface area (Å²) in [7, 11) is 0. The fourth-order valence-corrected chi connectivity index (χ4v) is 3.41. The standard InChI is InChI=1S/C21H23N5O2S/c1-15-4-3-5-18(10-15)25-21(28)12-29-11-20(27)24-16(2)17-6-8-19(9-7-17)26-14-22-13-23-26/h3-10,13-14,16H,11-12H2,1-2H3,(H,24,27)(H,25,28). The number of hydrogen-bond acceptors (Lipinski definition) is 5. The van der Waals surface area contributed by atoms with Gasteiger partial charge in [0, 0.05) is 5.69 Å². The van der Waals surface area contributed by atoms with E-state index >= 15 is 0 Å². The van der Waals surface area contributed by atoms with Crippen molar-refractivity contribution in [3.8, 4) is 5.69 Å². The molecule has 0 aliphatic rings. The zero-order valence-corrected chi connectivity index (χ0v) is 17.1. The van der Waals surface area contributed by atoms with Crippen LogP contribution in [0.25, 0.3) is 5.69 Å². The largest absolute Gasteiger partial charge is 0.349 e. The summed E-state index contributed by atoms with van der Waals surface area (Å²) in [4.78, 5) is 28.1. The molecule has 2 N–H and O–H groups in total. The Morgan fingerprint density at radius 3 is 2.55 bits per heavy atom. The first-order valence-electron chi connectivity index (χ1n) is 9.20. The van der Waals surface area contributed by atoms with Gasteiger partial charge in [-0.3, -0.25) is 9.59 Å². The van der Waals surface area contributed by atoms with Gasteiger partial charge in [-0.1, -0.05) is 24.3 Å². The van der Waals surface area contributed by atoms with Crippen LogP contribution in [0.15, 0.2) is 61.2 Å². The maximum absolute atomic E-state index is 12.2. The van der Waals surface area contributed by atoms with Gasteiger partial charge < -0.3 is 10.6 Å². The highest BCUT2D eigenvalue weighted by Crippen LogP contribution is 2.16. The van der Waals surface area contributed by atoms with E-state index in [0.717, 1.165) is 22.5 Å². The SMILES string of the molecule is Cc1cccc(NC(=O)CSCC(=O)NC(C)c2ccc(-n3cncn3)cc2)c1. The average molecular weight is 410 g/mol. The maximum Gasteiger partial charge on any atom is 0.234 e. The third-order valence-electron chi connectivity index (χ3n) is 4.22. The van der Waals surface area contributed by atoms with Crippen molar-refractivity contribution in [2.75, 3.05) is 16.8 Å². The number of aryl methyl sites for hydroxylation is 1. The Labute approximate surface area is 173 Å². The van der Waals surface area contributed by atoms with Gasteiger partial charge in [-0.15, -0.1) is 11.8 Å². The smallest absolute Gasteiger partial charge is 0.234 e. The highest BCUT2D eigenvalue weighted by atomic mass is 32.2. The molecule has 0 bridgehead atoms. The summed E-state index contributed by atoms with van der Waals surface area (Å²) in [5.41, 5.74) is 3.74. The van der Waals surface area contributed by atoms with Gasteiger partial charge in [-0.2, -0.15) is 5.10 Å². The second kappa shape index (κ2) is 9.88. The van der Waals surface area contributed by atoms with Gasteiger partial charge in [-0.05, 0) is 49.2 Å². The van der Waals surface area contributed by atoms with Crippen molar-refractivity contribution < 1.29 is 9.59 Å². The van der Waals surface area contributed by atoms with Crippen molar-refractivity contribution in [1.82, 2.24) is 20.1 Å². The average Bonchev–Trinajstić information content (AvgIpc) is 3.23. The molecule has 150 valence electrons. The molecular formula is C21H23N5O2S. The van der Waals surface area contributed by atoms with Crippen LogP contribution in [0, 0.1) is 6.92 Å². The van der Waals surface area contributed by atoms with Crippen molar-refractivity contribution in [2.24, 2.45) is 0 Å². The van der Waals surface area contributed by atoms with Crippen LogP contribution >= 0.6 is 11.8 Å². The fraction of sp³-hybridized carbons (Fsp3) is 0.238. The van der Waals surface area contributed by atoms with Crippen LogP contribution < -0.4 is 10.6 Å². The first kappa shape index (κ1) is 20.6. The van der Waals surface area contributed by atoms with Gasteiger partial charge in [0.05, 0.1) is 23.2 Å². The Kier molecular flexibility index (Phi) is 7.02. The van der Waals surface area contributed by atoms with Gasteiger partial charge >= 0.3 is 0 Å². The van der Waals surface area contributed by atoms with Crippen LogP contribution in [0.3, 0.4) is 0 Å². The van der Waals surface area contributed by atoms with Crippen molar-refractivity contribution in [2.45, 2.75) is 19.9 Å². The quantitative estimate of drug-likeness (QED) is 0.597. The summed E-state index contributed by atoms with van der Waals surface area (Å²) in [5, 5.41) is 9.88. The summed E-state index contributed by atoms with van der Waals surface area (Å²) in [6, 6.07) is 15.2. The molecule has 1 unspecified atom stereocenters. The van der Waals surface area contributed by atoms with Crippen LogP contribution in [0.4, 0.5) is 5.69 Å². The highest BCUT2D eigenvalue weighted by molar-refractivity contribution is 8.00. The molecule has 0 aliphatic heterocycles. The number of aromatic nitrogens is 3. The second-order valence-corrected chi connectivity index (χ2v) is 7.62. The zero-order valence-electron chi connectivity index (χ0n) is 16.3. The van der Waals surface area contributed by atoms with E-state index in [1.54, 1.807) is 11.0 Å². The third kappa shape index (κ3) is 6.18. The minimum Gasteiger partial charge on any atom is -0.349 e. The van der Waals surface area contributed by atoms with Crippen molar-refractivity contribution in [3.63, 3.8) is 0 Å². The summed E-state index contributed by atoms with van der Waals surface area (Å²) in [6.45, 7) is 3.90. The van der Waals surface area contributed by atoms with E-state index < -0.39 is 0 Å². The van der Waals surface area contributed by atoms with E-state index in [9.17, 15) is 9.59 Å². The molecule has 1 aromatic heterocycles. The predicted molar refractivity (Wildman–Crippen MR) is 115 cm³/mol. The molecule has 0 saturated heterocycles. The van der Waals surface area contributed by atoms with Crippen LogP contribution in [0.2, 0.25) is 0 Å². The lowest BCUT2D eigenvalue weighted by molar-refractivity contribution is -0.119. The first-order chi connectivity index (χ1) is 14.0. The third-order valence-corrected chi connectivity index (χ3v) is 5.15. The van der Waals surface area contributed by atoms with E-state index in [1.165, 1.54) is 18.1 Å². The second-order valence-electron chi connectivity index (χ2n) is 6.63. The molecule has 2 aromatic carbocycles. The zero-order chi connectivity index (χ0) is 20.6. The van der Waals surface area contributed by atoms with Gasteiger partial charge in [0.1, 0.15) is 12.7 Å². The number of carbonyl (C=O) groups is 2. The summed E-state index contributed by atoms with van der Waals surface area (Å²) in [5.74, 6) is 0.224. The molecular weight excluding hydrogens is 386 g/mol. The van der Waals surface area contributed by atoms with Crippen LogP contribution in [0.5, 0.6) is 0 Å². The molecule has 2 amide bonds. The minimum absolute atomic E-state index is 0.105. The van der Waals surface area contributed by atoms with E-state index in [4.69, 9.17) is 0 Å². The Morgan fingerprint density at radius 2 is 1.86 bits per heavy atom. The number of nitrogens with one attached hydrogen (secondary N) is 2. The Bertz CT molecular complexity index is 957. The number of nitrogens with zero attached hydrogens (tertiary/aromatic N) is 3. The van der Waals surface area contributed by atoms with Crippen molar-refractivity contribution in [3.05, 3.63) is 72.3 Å². The fourth-order valence-electron chi connectivity index (χ4n) is 2.78. The number of benzene rings is 2. The van der Waals surface area contributed by atoms with Crippen LogP contribution in [0.1, 0.15) is 24.1 Å². The molecule has 1 atom stereocenters. The maximum atomic E-state index is 12.2. The van der Waals surface area contributed by atoms with Crippen molar-refractivity contribution >= 4 is 29.3 Å². The molecule has 3 aromatic rings. The molecule has 0 radical (unpaired) electrons. The van der Waals surface area contributed by atoms with Gasteiger partial charge in [-0.25, -0.2) is 9.67 Å². The van der Waals surface area contributed by atoms with E-state index in [1.807, 2.05) is 62.4 Å². The van der Waals surface area contributed by atoms with Gasteiger partial charge in [0.25, 0.3) is 0 Å². The molecule has 3 rings (SSSR count). The van der Waals surface area contributed by atoms with Gasteiger partial charge in [0.15, 0.2) is 0 Å². The number of rotatable bonds is 8. The lowest BCUT2D eigenvalue weighted by Crippen LogP contribution is -2.28. The van der Waals surface area contributed by atoms with Crippen LogP contribution in [-0.2, 0) is 9.59 Å². The molecule has 0 aliphatic carbocycles. The molecule has 0 spiro atoms. The monoisotopic (exact) mass is 409 g/mol. The molecule has 0 saturated carbocycles. The lowest BCUT2D eigenvalue weighted by Gasteiger charge is -2.15. The number of hydrogen-bond donors (Lipinski definition) is 2. The number of amides is 2. The Hall–Kier alpha value is -3.13. The normalized spacial score (nSPS) is 11.7. The number of carbonyl (C=O) groups excluding carboxylic acids is 2. The summed E-state index contributed by atoms with van der Waals surface area (Å²) < 4.78 is 1.67. The Morgan fingerprint density at radius 1 is 1.10 bits per heavy atom. The highest BCUT2D eigenvalue weighted by Gasteiger charge is 2.11. The number of thioether (sulfide) groups is 1.